The zero-order valence-corrected chi connectivity index (χ0v) is 16.0. The molecule has 0 aliphatic carbocycles. The van der Waals surface area contributed by atoms with Crippen LogP contribution in [0.3, 0.4) is 0 Å². The van der Waals surface area contributed by atoms with Crippen LogP contribution in [0, 0.1) is 13.8 Å². The maximum absolute atomic E-state index is 11.8. The van der Waals surface area contributed by atoms with Gasteiger partial charge in [-0.1, -0.05) is 0 Å². The third-order valence-electron chi connectivity index (χ3n) is 4.36. The van der Waals surface area contributed by atoms with E-state index in [0.29, 0.717) is 30.9 Å². The molecule has 1 amide bonds. The summed E-state index contributed by atoms with van der Waals surface area (Å²) in [5, 5.41) is 10.9. The van der Waals surface area contributed by atoms with Gasteiger partial charge in [-0.3, -0.25) is 4.79 Å². The van der Waals surface area contributed by atoms with Gasteiger partial charge in [-0.25, -0.2) is 4.68 Å². The summed E-state index contributed by atoms with van der Waals surface area (Å²) in [4.78, 5) is 22.3. The van der Waals surface area contributed by atoms with E-state index in [1.807, 2.05) is 30.7 Å². The first-order valence-corrected chi connectivity index (χ1v) is 8.86. The summed E-state index contributed by atoms with van der Waals surface area (Å²) in [5.41, 5.74) is 10.3. The van der Waals surface area contributed by atoms with Crippen molar-refractivity contribution < 1.29 is 14.3 Å². The molecule has 0 spiro atoms. The molecule has 8 nitrogen and oxygen atoms in total. The number of hydrogen-bond acceptors (Lipinski definition) is 6. The van der Waals surface area contributed by atoms with Crippen LogP contribution in [0.5, 0.6) is 0 Å². The maximum Gasteiger partial charge on any atom is 0.250 e. The number of rotatable bonds is 11. The zero-order chi connectivity index (χ0) is 19.8. The van der Waals surface area contributed by atoms with Crippen LogP contribution < -0.4 is 16.4 Å². The SMILES string of the molecule is COCCCNc1cc(-n2nc(C)c(C)c2CNCC=O)ccc1C(N)=O. The van der Waals surface area contributed by atoms with Crippen molar-refractivity contribution in [2.24, 2.45) is 5.73 Å². The van der Waals surface area contributed by atoms with Gasteiger partial charge in [-0.2, -0.15) is 5.10 Å². The minimum absolute atomic E-state index is 0.274. The monoisotopic (exact) mass is 373 g/mol. The number of aldehydes is 1. The molecule has 1 aromatic heterocycles. The van der Waals surface area contributed by atoms with Crippen molar-refractivity contribution >= 4 is 17.9 Å². The molecule has 0 fully saturated rings. The summed E-state index contributed by atoms with van der Waals surface area (Å²) >= 11 is 0. The number of aromatic nitrogens is 2. The Labute approximate surface area is 159 Å². The van der Waals surface area contributed by atoms with Crippen LogP contribution in [0.4, 0.5) is 5.69 Å². The van der Waals surface area contributed by atoms with Gasteiger partial charge < -0.3 is 25.9 Å². The van der Waals surface area contributed by atoms with Crippen molar-refractivity contribution in [2.75, 3.05) is 32.1 Å². The highest BCUT2D eigenvalue weighted by Gasteiger charge is 2.15. The number of methoxy groups -OCH3 is 1. The molecule has 4 N–H and O–H groups in total. The lowest BCUT2D eigenvalue weighted by atomic mass is 10.1. The Morgan fingerprint density at radius 2 is 2.15 bits per heavy atom. The van der Waals surface area contributed by atoms with Crippen molar-refractivity contribution in [2.45, 2.75) is 26.8 Å². The highest BCUT2D eigenvalue weighted by Crippen LogP contribution is 2.23. The lowest BCUT2D eigenvalue weighted by Crippen LogP contribution is -2.19. The van der Waals surface area contributed by atoms with E-state index < -0.39 is 5.91 Å². The average molecular weight is 373 g/mol. The number of aryl methyl sites for hydroxylation is 1. The number of carbonyl (C=O) groups excluding carboxylic acids is 2. The van der Waals surface area contributed by atoms with Crippen molar-refractivity contribution in [1.82, 2.24) is 15.1 Å². The molecule has 0 aliphatic heterocycles. The number of hydrogen-bond donors (Lipinski definition) is 3. The van der Waals surface area contributed by atoms with Crippen LogP contribution in [-0.2, 0) is 16.1 Å². The van der Waals surface area contributed by atoms with Crippen LogP contribution in [0.2, 0.25) is 0 Å². The molecule has 146 valence electrons. The summed E-state index contributed by atoms with van der Waals surface area (Å²) < 4.78 is 6.88. The molecule has 0 unspecified atom stereocenters. The molecule has 27 heavy (non-hydrogen) atoms. The summed E-state index contributed by atoms with van der Waals surface area (Å²) in [7, 11) is 1.65. The van der Waals surface area contributed by atoms with Gasteiger partial charge in [0.2, 0.25) is 0 Å². The molecule has 2 rings (SSSR count). The maximum atomic E-state index is 11.8. The van der Waals surface area contributed by atoms with Crippen LogP contribution in [-0.4, -0.2) is 48.8 Å². The Bertz CT molecular complexity index is 801. The van der Waals surface area contributed by atoms with Gasteiger partial charge >= 0.3 is 0 Å². The first-order valence-electron chi connectivity index (χ1n) is 8.86. The van der Waals surface area contributed by atoms with Crippen molar-refractivity contribution in [3.8, 4) is 5.69 Å². The summed E-state index contributed by atoms with van der Waals surface area (Å²) in [5.74, 6) is -0.489. The fourth-order valence-electron chi connectivity index (χ4n) is 2.79. The number of primary amides is 1. The Morgan fingerprint density at radius 3 is 2.81 bits per heavy atom. The first-order chi connectivity index (χ1) is 13.0. The minimum Gasteiger partial charge on any atom is -0.385 e. The van der Waals surface area contributed by atoms with Crippen molar-refractivity contribution in [3.05, 3.63) is 40.7 Å². The van der Waals surface area contributed by atoms with Gasteiger partial charge in [0.05, 0.1) is 29.2 Å². The lowest BCUT2D eigenvalue weighted by molar-refractivity contribution is -0.107. The van der Waals surface area contributed by atoms with E-state index in [1.54, 1.807) is 13.2 Å². The Hall–Kier alpha value is -2.71. The second-order valence-corrected chi connectivity index (χ2v) is 6.23. The topological polar surface area (TPSA) is 111 Å². The van der Waals surface area contributed by atoms with Crippen LogP contribution in [0.25, 0.3) is 5.69 Å². The predicted octanol–water partition coefficient (Wildman–Crippen LogP) is 1.32. The summed E-state index contributed by atoms with van der Waals surface area (Å²) in [6.07, 6.45) is 1.63. The molecular formula is C19H27N5O3. The van der Waals surface area contributed by atoms with Crippen molar-refractivity contribution in [3.63, 3.8) is 0 Å². The number of nitrogens with zero attached hydrogens (tertiary/aromatic N) is 2. The fourth-order valence-corrected chi connectivity index (χ4v) is 2.79. The molecule has 0 radical (unpaired) electrons. The third kappa shape index (κ3) is 5.15. The number of nitrogens with one attached hydrogen (secondary N) is 2. The number of carbonyl (C=O) groups is 2. The number of nitrogens with two attached hydrogens (primary N) is 1. The molecule has 0 saturated heterocycles. The van der Waals surface area contributed by atoms with E-state index in [0.717, 1.165) is 35.3 Å². The van der Waals surface area contributed by atoms with Crippen LogP contribution in [0.1, 0.15) is 33.7 Å². The highest BCUT2D eigenvalue weighted by atomic mass is 16.5. The molecule has 0 aliphatic rings. The molecule has 0 saturated carbocycles. The molecule has 1 heterocycles. The first kappa shape index (κ1) is 20.6. The largest absolute Gasteiger partial charge is 0.385 e. The number of anilines is 1. The second-order valence-electron chi connectivity index (χ2n) is 6.23. The van der Waals surface area contributed by atoms with Crippen molar-refractivity contribution in [1.29, 1.82) is 0 Å². The molecular weight excluding hydrogens is 346 g/mol. The molecule has 8 heteroatoms. The molecule has 0 atom stereocenters. The fraction of sp³-hybridized carbons (Fsp3) is 0.421. The van der Waals surface area contributed by atoms with Gasteiger partial charge in [0, 0.05) is 32.5 Å². The van der Waals surface area contributed by atoms with Gasteiger partial charge in [0.25, 0.3) is 5.91 Å². The summed E-state index contributed by atoms with van der Waals surface area (Å²) in [6, 6.07) is 5.38. The van der Waals surface area contributed by atoms with Crippen LogP contribution >= 0.6 is 0 Å². The highest BCUT2D eigenvalue weighted by molar-refractivity contribution is 5.98. The average Bonchev–Trinajstić information content (AvgIpc) is 2.93. The second kappa shape index (κ2) is 9.84. The number of benzene rings is 1. The standard InChI is InChI=1S/C19H27N5O3/c1-13-14(2)23-24(18(13)12-21-8-9-25)15-5-6-16(19(20)26)17(11-15)22-7-4-10-27-3/h5-6,9,11,21-22H,4,7-8,10,12H2,1-3H3,(H2,20,26). The van der Waals surface area contributed by atoms with E-state index in [1.165, 1.54) is 0 Å². The predicted molar refractivity (Wildman–Crippen MR) is 104 cm³/mol. The van der Waals surface area contributed by atoms with Gasteiger partial charge in [-0.15, -0.1) is 0 Å². The Kier molecular flexibility index (Phi) is 7.51. The van der Waals surface area contributed by atoms with Gasteiger partial charge in [0.1, 0.15) is 6.29 Å². The smallest absolute Gasteiger partial charge is 0.250 e. The molecule has 0 bridgehead atoms. The quantitative estimate of drug-likeness (QED) is 0.405. The third-order valence-corrected chi connectivity index (χ3v) is 4.36. The van der Waals surface area contributed by atoms with E-state index in [2.05, 4.69) is 15.7 Å². The normalized spacial score (nSPS) is 10.8. The molecule has 2 aromatic rings. The van der Waals surface area contributed by atoms with Gasteiger partial charge in [0.15, 0.2) is 0 Å². The lowest BCUT2D eigenvalue weighted by Gasteiger charge is -2.14. The Morgan fingerprint density at radius 1 is 1.37 bits per heavy atom. The van der Waals surface area contributed by atoms with E-state index in [4.69, 9.17) is 10.5 Å². The summed E-state index contributed by atoms with van der Waals surface area (Å²) in [6.45, 7) is 6.01. The minimum atomic E-state index is -0.489. The molecule has 1 aromatic carbocycles. The van der Waals surface area contributed by atoms with Gasteiger partial charge in [-0.05, 0) is 44.0 Å². The number of ether oxygens (including phenoxy) is 1. The van der Waals surface area contributed by atoms with E-state index >= 15 is 0 Å². The zero-order valence-electron chi connectivity index (χ0n) is 16.0. The van der Waals surface area contributed by atoms with E-state index in [9.17, 15) is 9.59 Å². The Balaban J connectivity index is 2.36. The number of amides is 1. The van der Waals surface area contributed by atoms with E-state index in [-0.39, 0.29) is 6.54 Å². The van der Waals surface area contributed by atoms with Crippen LogP contribution in [0.15, 0.2) is 18.2 Å².